The lowest BCUT2D eigenvalue weighted by atomic mass is 9.95. The Hall–Kier alpha value is -1.14. The van der Waals surface area contributed by atoms with Crippen LogP contribution in [0.3, 0.4) is 0 Å². The molecule has 2 N–H and O–H groups in total. The highest BCUT2D eigenvalue weighted by Gasteiger charge is 2.38. The summed E-state index contributed by atoms with van der Waals surface area (Å²) in [6.45, 7) is 2.89. The van der Waals surface area contributed by atoms with E-state index in [4.69, 9.17) is 5.90 Å². The molecule has 84 valence electrons. The standard InChI is InChI=1S/C9H11F3N2O/c1-8(2,15-13)7-5-14-4-3-6(7)9(10,11)12/h3-5H,13H2,1-2H3. The Labute approximate surface area is 85.0 Å². The van der Waals surface area contributed by atoms with E-state index < -0.39 is 17.3 Å². The van der Waals surface area contributed by atoms with Gasteiger partial charge in [0.2, 0.25) is 0 Å². The highest BCUT2D eigenvalue weighted by Crippen LogP contribution is 2.36. The zero-order valence-corrected chi connectivity index (χ0v) is 8.30. The largest absolute Gasteiger partial charge is 0.416 e. The Balaban J connectivity index is 3.31. The summed E-state index contributed by atoms with van der Waals surface area (Å²) in [7, 11) is 0. The fraction of sp³-hybridized carbons (Fsp3) is 0.444. The van der Waals surface area contributed by atoms with Crippen LogP contribution in [-0.2, 0) is 16.6 Å². The smallest absolute Gasteiger partial charge is 0.294 e. The second-order valence-corrected chi connectivity index (χ2v) is 3.55. The van der Waals surface area contributed by atoms with Crippen LogP contribution in [0.5, 0.6) is 0 Å². The first-order valence-electron chi connectivity index (χ1n) is 4.18. The third kappa shape index (κ3) is 2.45. The predicted molar refractivity (Wildman–Crippen MR) is 47.5 cm³/mol. The first-order chi connectivity index (χ1) is 6.79. The molecule has 1 heterocycles. The van der Waals surface area contributed by atoms with Gasteiger partial charge in [-0.15, -0.1) is 0 Å². The van der Waals surface area contributed by atoms with Gasteiger partial charge in [-0.2, -0.15) is 13.2 Å². The monoisotopic (exact) mass is 220 g/mol. The molecule has 1 aromatic heterocycles. The topological polar surface area (TPSA) is 48.1 Å². The Bertz CT molecular complexity index is 349. The summed E-state index contributed by atoms with van der Waals surface area (Å²) in [4.78, 5) is 8.16. The van der Waals surface area contributed by atoms with Crippen molar-refractivity contribution in [1.29, 1.82) is 0 Å². The Morgan fingerprint density at radius 1 is 1.27 bits per heavy atom. The number of rotatable bonds is 2. The third-order valence-electron chi connectivity index (χ3n) is 2.07. The van der Waals surface area contributed by atoms with Gasteiger partial charge in [0.15, 0.2) is 0 Å². The lowest BCUT2D eigenvalue weighted by molar-refractivity contribution is -0.141. The van der Waals surface area contributed by atoms with Gasteiger partial charge in [0.05, 0.1) is 5.56 Å². The quantitative estimate of drug-likeness (QED) is 0.777. The van der Waals surface area contributed by atoms with E-state index in [-0.39, 0.29) is 5.56 Å². The van der Waals surface area contributed by atoms with E-state index in [0.29, 0.717) is 0 Å². The molecule has 0 saturated heterocycles. The molecule has 15 heavy (non-hydrogen) atoms. The van der Waals surface area contributed by atoms with Gasteiger partial charge in [-0.1, -0.05) is 0 Å². The molecule has 0 unspecified atom stereocenters. The van der Waals surface area contributed by atoms with Gasteiger partial charge >= 0.3 is 6.18 Å². The summed E-state index contributed by atoms with van der Waals surface area (Å²) < 4.78 is 37.8. The lowest BCUT2D eigenvalue weighted by Gasteiger charge is -2.25. The predicted octanol–water partition coefficient (Wildman–Crippen LogP) is 2.23. The van der Waals surface area contributed by atoms with Crippen molar-refractivity contribution in [3.8, 4) is 0 Å². The number of alkyl halides is 3. The molecule has 0 aliphatic rings. The van der Waals surface area contributed by atoms with Crippen LogP contribution in [0.25, 0.3) is 0 Å². The van der Waals surface area contributed by atoms with Gasteiger partial charge in [0.1, 0.15) is 5.60 Å². The second-order valence-electron chi connectivity index (χ2n) is 3.55. The zero-order chi connectivity index (χ0) is 11.7. The minimum atomic E-state index is -4.44. The number of hydrogen-bond acceptors (Lipinski definition) is 3. The van der Waals surface area contributed by atoms with Gasteiger partial charge in [-0.05, 0) is 19.9 Å². The van der Waals surface area contributed by atoms with Gasteiger partial charge in [0, 0.05) is 18.0 Å². The van der Waals surface area contributed by atoms with E-state index in [1.807, 2.05) is 0 Å². The van der Waals surface area contributed by atoms with Crippen LogP contribution in [0, 0.1) is 0 Å². The molecular formula is C9H11F3N2O. The summed E-state index contributed by atoms with van der Waals surface area (Å²) in [6, 6.07) is 0.899. The van der Waals surface area contributed by atoms with Crippen molar-refractivity contribution in [1.82, 2.24) is 4.98 Å². The van der Waals surface area contributed by atoms with Crippen LogP contribution >= 0.6 is 0 Å². The fourth-order valence-electron chi connectivity index (χ4n) is 1.18. The summed E-state index contributed by atoms with van der Waals surface area (Å²) in [6.07, 6.45) is -2.25. The summed E-state index contributed by atoms with van der Waals surface area (Å²) >= 11 is 0. The molecule has 0 saturated carbocycles. The van der Waals surface area contributed by atoms with Gasteiger partial charge in [-0.25, -0.2) is 5.90 Å². The molecule has 3 nitrogen and oxygen atoms in total. The van der Waals surface area contributed by atoms with Crippen LogP contribution in [0.15, 0.2) is 18.5 Å². The molecule has 0 aromatic carbocycles. The molecule has 0 aliphatic heterocycles. The highest BCUT2D eigenvalue weighted by molar-refractivity contribution is 5.30. The van der Waals surface area contributed by atoms with Gasteiger partial charge < -0.3 is 0 Å². The summed E-state index contributed by atoms with van der Waals surface area (Å²) in [5, 5.41) is 0. The lowest BCUT2D eigenvalue weighted by Crippen LogP contribution is -2.28. The van der Waals surface area contributed by atoms with E-state index >= 15 is 0 Å². The molecule has 1 aromatic rings. The van der Waals surface area contributed by atoms with Crippen LogP contribution in [0.4, 0.5) is 13.2 Å². The molecule has 6 heteroatoms. The number of nitrogens with zero attached hydrogens (tertiary/aromatic N) is 1. The minimum absolute atomic E-state index is 0.0833. The number of pyridine rings is 1. The van der Waals surface area contributed by atoms with Crippen molar-refractivity contribution in [3.05, 3.63) is 29.6 Å². The van der Waals surface area contributed by atoms with E-state index in [1.165, 1.54) is 13.8 Å². The Morgan fingerprint density at radius 3 is 2.33 bits per heavy atom. The second kappa shape index (κ2) is 3.79. The van der Waals surface area contributed by atoms with Crippen LogP contribution < -0.4 is 5.90 Å². The average Bonchev–Trinajstić information content (AvgIpc) is 2.16. The van der Waals surface area contributed by atoms with Crippen molar-refractivity contribution < 1.29 is 18.0 Å². The normalized spacial score (nSPS) is 12.9. The minimum Gasteiger partial charge on any atom is -0.294 e. The van der Waals surface area contributed by atoms with Crippen molar-refractivity contribution in [2.24, 2.45) is 5.90 Å². The first kappa shape index (κ1) is 11.9. The van der Waals surface area contributed by atoms with Gasteiger partial charge in [-0.3, -0.25) is 9.82 Å². The van der Waals surface area contributed by atoms with E-state index in [1.54, 1.807) is 0 Å². The molecule has 0 amide bonds. The van der Waals surface area contributed by atoms with Crippen molar-refractivity contribution in [2.45, 2.75) is 25.6 Å². The van der Waals surface area contributed by atoms with E-state index in [0.717, 1.165) is 18.5 Å². The van der Waals surface area contributed by atoms with Crippen molar-refractivity contribution in [2.75, 3.05) is 0 Å². The molecule has 0 bridgehead atoms. The number of nitrogens with two attached hydrogens (primary N) is 1. The Kier molecular flexibility index (Phi) is 3.01. The number of hydrogen-bond donors (Lipinski definition) is 1. The molecule has 0 spiro atoms. The molecule has 0 atom stereocenters. The third-order valence-corrected chi connectivity index (χ3v) is 2.07. The maximum absolute atomic E-state index is 12.6. The molecule has 0 radical (unpaired) electrons. The fourth-order valence-corrected chi connectivity index (χ4v) is 1.18. The van der Waals surface area contributed by atoms with Crippen LogP contribution in [-0.4, -0.2) is 4.98 Å². The van der Waals surface area contributed by atoms with E-state index in [9.17, 15) is 13.2 Å². The summed E-state index contributed by atoms with van der Waals surface area (Å²) in [5.41, 5.74) is -2.09. The Morgan fingerprint density at radius 2 is 1.87 bits per heavy atom. The molecular weight excluding hydrogens is 209 g/mol. The highest BCUT2D eigenvalue weighted by atomic mass is 19.4. The van der Waals surface area contributed by atoms with E-state index in [2.05, 4.69) is 9.82 Å². The van der Waals surface area contributed by atoms with Crippen LogP contribution in [0.1, 0.15) is 25.0 Å². The molecule has 1 rings (SSSR count). The molecule has 0 fully saturated rings. The maximum Gasteiger partial charge on any atom is 0.416 e. The zero-order valence-electron chi connectivity index (χ0n) is 8.30. The molecule has 0 aliphatic carbocycles. The van der Waals surface area contributed by atoms with Gasteiger partial charge in [0.25, 0.3) is 0 Å². The van der Waals surface area contributed by atoms with Crippen molar-refractivity contribution >= 4 is 0 Å². The number of halogens is 3. The maximum atomic E-state index is 12.6. The SMILES string of the molecule is CC(C)(ON)c1cnccc1C(F)(F)F. The average molecular weight is 220 g/mol. The number of aromatic nitrogens is 1. The first-order valence-corrected chi connectivity index (χ1v) is 4.18. The van der Waals surface area contributed by atoms with Crippen LogP contribution in [0.2, 0.25) is 0 Å². The summed E-state index contributed by atoms with van der Waals surface area (Å²) in [5.74, 6) is 4.96. The van der Waals surface area contributed by atoms with Crippen molar-refractivity contribution in [3.63, 3.8) is 0 Å².